The predicted octanol–water partition coefficient (Wildman–Crippen LogP) is 6.69. The van der Waals surface area contributed by atoms with Crippen molar-refractivity contribution in [1.82, 2.24) is 9.78 Å². The first-order valence-electron chi connectivity index (χ1n) is 11.8. The standard InChI is InChI=1S/C28H28F3N3O/c1-19-6-3-4-7-21(19)18-34-27(24-8-5-9-25(26(24)32-34)28(29,30)31)20-10-12-22(13-11-20)33-16-14-23(35-2)15-17-33/h3-13,23H,14-18H2,1-2H3. The SMILES string of the molecule is COC1CCN(c2ccc(-c3c4cccc(C(F)(F)F)c4nn3Cc3ccccc3C)cc2)CC1. The van der Waals surface area contributed by atoms with Gasteiger partial charge >= 0.3 is 6.18 Å². The van der Waals surface area contributed by atoms with Crippen molar-refractivity contribution in [2.24, 2.45) is 0 Å². The monoisotopic (exact) mass is 479 g/mol. The maximum absolute atomic E-state index is 13.8. The average molecular weight is 480 g/mol. The van der Waals surface area contributed by atoms with E-state index in [-0.39, 0.29) is 5.52 Å². The van der Waals surface area contributed by atoms with E-state index in [9.17, 15) is 13.2 Å². The summed E-state index contributed by atoms with van der Waals surface area (Å²) < 4.78 is 48.6. The summed E-state index contributed by atoms with van der Waals surface area (Å²) in [4.78, 5) is 2.32. The minimum absolute atomic E-state index is 0.0192. The Bertz CT molecular complexity index is 1320. The molecule has 4 nitrogen and oxygen atoms in total. The van der Waals surface area contributed by atoms with E-state index in [0.29, 0.717) is 23.7 Å². The van der Waals surface area contributed by atoms with Crippen LogP contribution in [-0.4, -0.2) is 36.1 Å². The molecular formula is C28H28F3N3O. The molecular weight excluding hydrogens is 451 g/mol. The number of benzene rings is 3. The average Bonchev–Trinajstić information content (AvgIpc) is 3.23. The first-order valence-corrected chi connectivity index (χ1v) is 11.8. The molecule has 0 unspecified atom stereocenters. The van der Waals surface area contributed by atoms with Gasteiger partial charge in [-0.3, -0.25) is 4.68 Å². The maximum Gasteiger partial charge on any atom is 0.418 e. The zero-order valence-electron chi connectivity index (χ0n) is 19.8. The summed E-state index contributed by atoms with van der Waals surface area (Å²) in [5.41, 5.74) is 4.01. The number of hydrogen-bond acceptors (Lipinski definition) is 3. The molecule has 1 fully saturated rings. The number of halogens is 3. The molecule has 1 aromatic heterocycles. The molecule has 0 amide bonds. The molecule has 0 radical (unpaired) electrons. The van der Waals surface area contributed by atoms with E-state index in [2.05, 4.69) is 10.00 Å². The van der Waals surface area contributed by atoms with Crippen LogP contribution < -0.4 is 4.90 Å². The van der Waals surface area contributed by atoms with Gasteiger partial charge in [-0.2, -0.15) is 18.3 Å². The Morgan fingerprint density at radius 2 is 1.66 bits per heavy atom. The third-order valence-corrected chi connectivity index (χ3v) is 6.94. The van der Waals surface area contributed by atoms with Crippen LogP contribution in [0.4, 0.5) is 18.9 Å². The van der Waals surface area contributed by atoms with E-state index >= 15 is 0 Å². The molecule has 35 heavy (non-hydrogen) atoms. The summed E-state index contributed by atoms with van der Waals surface area (Å²) in [7, 11) is 1.75. The maximum atomic E-state index is 13.8. The number of aromatic nitrogens is 2. The Hall–Kier alpha value is -3.32. The number of rotatable bonds is 5. The fourth-order valence-corrected chi connectivity index (χ4v) is 4.93. The first-order chi connectivity index (χ1) is 16.8. The summed E-state index contributed by atoms with van der Waals surface area (Å²) in [5, 5.41) is 5.00. The first kappa shape index (κ1) is 23.4. The van der Waals surface area contributed by atoms with Gasteiger partial charge in [-0.05, 0) is 49.1 Å². The predicted molar refractivity (Wildman–Crippen MR) is 133 cm³/mol. The lowest BCUT2D eigenvalue weighted by Gasteiger charge is -2.33. The van der Waals surface area contributed by atoms with Gasteiger partial charge in [-0.1, -0.05) is 48.5 Å². The lowest BCUT2D eigenvalue weighted by molar-refractivity contribution is -0.136. The van der Waals surface area contributed by atoms with Crippen molar-refractivity contribution in [3.8, 4) is 11.3 Å². The van der Waals surface area contributed by atoms with Gasteiger partial charge in [0.05, 0.1) is 23.9 Å². The molecule has 182 valence electrons. The van der Waals surface area contributed by atoms with E-state index in [1.54, 1.807) is 17.9 Å². The van der Waals surface area contributed by atoms with Gasteiger partial charge in [0.2, 0.25) is 0 Å². The second-order valence-corrected chi connectivity index (χ2v) is 9.10. The lowest BCUT2D eigenvalue weighted by Crippen LogP contribution is -2.36. The van der Waals surface area contributed by atoms with Crippen molar-refractivity contribution in [3.05, 3.63) is 83.4 Å². The highest BCUT2D eigenvalue weighted by Gasteiger charge is 2.34. The van der Waals surface area contributed by atoms with Crippen molar-refractivity contribution in [3.63, 3.8) is 0 Å². The highest BCUT2D eigenvalue weighted by molar-refractivity contribution is 5.95. The molecule has 4 aromatic rings. The highest BCUT2D eigenvalue weighted by Crippen LogP contribution is 2.38. The number of hydrogen-bond donors (Lipinski definition) is 0. The van der Waals surface area contributed by atoms with Crippen molar-refractivity contribution >= 4 is 16.6 Å². The zero-order valence-corrected chi connectivity index (χ0v) is 19.8. The molecule has 0 spiro atoms. The number of aryl methyl sites for hydroxylation is 1. The summed E-state index contributed by atoms with van der Waals surface area (Å²) >= 11 is 0. The molecule has 5 rings (SSSR count). The normalized spacial score (nSPS) is 15.2. The number of fused-ring (bicyclic) bond motifs is 1. The molecule has 3 aromatic carbocycles. The van der Waals surface area contributed by atoms with Crippen LogP contribution in [0.3, 0.4) is 0 Å². The topological polar surface area (TPSA) is 30.3 Å². The van der Waals surface area contributed by atoms with E-state index in [1.165, 1.54) is 6.07 Å². The second kappa shape index (κ2) is 9.38. The summed E-state index contributed by atoms with van der Waals surface area (Å²) in [6, 6.07) is 20.2. The Labute approximate surface area is 202 Å². The lowest BCUT2D eigenvalue weighted by atomic mass is 10.0. The van der Waals surface area contributed by atoms with E-state index in [1.807, 2.05) is 55.5 Å². The van der Waals surface area contributed by atoms with Crippen molar-refractivity contribution in [2.75, 3.05) is 25.1 Å². The minimum Gasteiger partial charge on any atom is -0.381 e. The van der Waals surface area contributed by atoms with E-state index in [4.69, 9.17) is 4.74 Å². The van der Waals surface area contributed by atoms with Gasteiger partial charge in [-0.15, -0.1) is 0 Å². The van der Waals surface area contributed by atoms with Gasteiger partial charge in [-0.25, -0.2) is 0 Å². The number of anilines is 1. The van der Waals surface area contributed by atoms with Crippen molar-refractivity contribution < 1.29 is 17.9 Å². The largest absolute Gasteiger partial charge is 0.418 e. The van der Waals surface area contributed by atoms with Crippen molar-refractivity contribution in [2.45, 2.75) is 38.6 Å². The highest BCUT2D eigenvalue weighted by atomic mass is 19.4. The molecule has 0 saturated carbocycles. The van der Waals surface area contributed by atoms with Crippen molar-refractivity contribution in [1.29, 1.82) is 0 Å². The third-order valence-electron chi connectivity index (χ3n) is 6.94. The quantitative estimate of drug-likeness (QED) is 0.319. The fraction of sp³-hybridized carbons (Fsp3) is 0.321. The molecule has 7 heteroatoms. The zero-order chi connectivity index (χ0) is 24.6. The van der Waals surface area contributed by atoms with E-state index < -0.39 is 11.7 Å². The van der Waals surface area contributed by atoms with Gasteiger partial charge in [0.1, 0.15) is 5.52 Å². The summed E-state index contributed by atoms with van der Waals surface area (Å²) in [5.74, 6) is 0. The second-order valence-electron chi connectivity index (χ2n) is 9.10. The Balaban J connectivity index is 1.57. The Morgan fingerprint density at radius 1 is 0.943 bits per heavy atom. The van der Waals surface area contributed by atoms with Crippen LogP contribution in [0.5, 0.6) is 0 Å². The van der Waals surface area contributed by atoms with Crippen LogP contribution in [0.15, 0.2) is 66.7 Å². The number of methoxy groups -OCH3 is 1. The fourth-order valence-electron chi connectivity index (χ4n) is 4.93. The van der Waals surface area contributed by atoms with Crippen LogP contribution in [0, 0.1) is 6.92 Å². The Morgan fingerprint density at radius 3 is 2.31 bits per heavy atom. The van der Waals surface area contributed by atoms with Gasteiger partial charge in [0.15, 0.2) is 0 Å². The number of ether oxygens (including phenoxy) is 1. The molecule has 0 N–H and O–H groups in total. The molecule has 1 aliphatic rings. The molecule has 2 heterocycles. The number of alkyl halides is 3. The van der Waals surface area contributed by atoms with Crippen LogP contribution in [0.1, 0.15) is 29.5 Å². The third kappa shape index (κ3) is 4.65. The van der Waals surface area contributed by atoms with Crippen LogP contribution in [-0.2, 0) is 17.5 Å². The molecule has 0 bridgehead atoms. The van der Waals surface area contributed by atoms with Crippen LogP contribution in [0.2, 0.25) is 0 Å². The van der Waals surface area contributed by atoms with Crippen LogP contribution >= 0.6 is 0 Å². The molecule has 1 saturated heterocycles. The Kier molecular flexibility index (Phi) is 6.28. The summed E-state index contributed by atoms with van der Waals surface area (Å²) in [6.07, 6.45) is -2.22. The number of nitrogens with zero attached hydrogens (tertiary/aromatic N) is 3. The summed E-state index contributed by atoms with van der Waals surface area (Å²) in [6.45, 7) is 4.23. The molecule has 0 atom stereocenters. The van der Waals surface area contributed by atoms with Gasteiger partial charge in [0, 0.05) is 36.8 Å². The molecule has 0 aliphatic carbocycles. The van der Waals surface area contributed by atoms with Crippen LogP contribution in [0.25, 0.3) is 22.2 Å². The number of piperidine rings is 1. The molecule has 1 aliphatic heterocycles. The van der Waals surface area contributed by atoms with Gasteiger partial charge in [0.25, 0.3) is 0 Å². The van der Waals surface area contributed by atoms with E-state index in [0.717, 1.165) is 54.4 Å². The minimum atomic E-state index is -4.48. The van der Waals surface area contributed by atoms with Gasteiger partial charge < -0.3 is 9.64 Å². The smallest absolute Gasteiger partial charge is 0.381 e.